The molecule has 6 heteroatoms. The minimum atomic E-state index is -2.85. The maximum Gasteiger partial charge on any atom is 0.246 e. The smallest absolute Gasteiger partial charge is 0.246 e. The third-order valence-corrected chi connectivity index (χ3v) is 13.1. The molecule has 1 rings (SSSR count). The molecule has 0 aromatic heterocycles. The molecule has 0 heterocycles. The van der Waals surface area contributed by atoms with Crippen molar-refractivity contribution in [2.45, 2.75) is 44.7 Å². The zero-order chi connectivity index (χ0) is 19.1. The fourth-order valence-corrected chi connectivity index (χ4v) is 8.79. The molecule has 0 amide bonds. The molecule has 0 aliphatic rings. The number of hydrogen-bond acceptors (Lipinski definition) is 2. The van der Waals surface area contributed by atoms with Crippen molar-refractivity contribution in [3.8, 4) is 0 Å². The van der Waals surface area contributed by atoms with Crippen molar-refractivity contribution in [3.63, 3.8) is 0 Å². The lowest BCUT2D eigenvalue weighted by Crippen LogP contribution is -2.42. The number of nitrogens with zero attached hydrogens (tertiary/aromatic N) is 2. The van der Waals surface area contributed by atoms with Crippen molar-refractivity contribution < 1.29 is 8.99 Å². The van der Waals surface area contributed by atoms with Crippen LogP contribution >= 0.6 is 7.44 Å². The normalized spacial score (nSPS) is 14.6. The average molecular weight is 383 g/mol. The van der Waals surface area contributed by atoms with Crippen molar-refractivity contribution in [2.24, 2.45) is 0 Å². The van der Waals surface area contributed by atoms with Gasteiger partial charge in [0.05, 0.1) is 0 Å². The van der Waals surface area contributed by atoms with Crippen LogP contribution in [0, 0.1) is 0 Å². The topological polar surface area (TPSA) is 32.8 Å². The van der Waals surface area contributed by atoms with Crippen molar-refractivity contribution in [1.82, 2.24) is 9.34 Å². The summed E-state index contributed by atoms with van der Waals surface area (Å²) in [6.07, 6.45) is 4.03. The van der Waals surface area contributed by atoms with Crippen LogP contribution in [-0.2, 0) is 8.99 Å². The van der Waals surface area contributed by atoms with E-state index in [0.29, 0.717) is 0 Å². The molecule has 4 nitrogen and oxygen atoms in total. The van der Waals surface area contributed by atoms with E-state index in [1.807, 2.05) is 80.0 Å². The third-order valence-electron chi connectivity index (χ3n) is 5.03. The zero-order valence-corrected chi connectivity index (χ0v) is 18.8. The van der Waals surface area contributed by atoms with E-state index in [0.717, 1.165) is 23.7 Å². The zero-order valence-electron chi connectivity index (χ0n) is 16.9. The van der Waals surface area contributed by atoms with E-state index < -0.39 is 21.6 Å². The van der Waals surface area contributed by atoms with Gasteiger partial charge in [0.25, 0.3) is 0 Å². The monoisotopic (exact) mass is 382 g/mol. The minimum absolute atomic E-state index is 0.427. The molecule has 1 aromatic carbocycles. The number of benzene rings is 1. The van der Waals surface area contributed by atoms with E-state index in [-0.39, 0.29) is 0 Å². The van der Waals surface area contributed by atoms with Gasteiger partial charge in [-0.2, -0.15) is 0 Å². The van der Waals surface area contributed by atoms with Gasteiger partial charge in [-0.15, -0.1) is 0 Å². The summed E-state index contributed by atoms with van der Waals surface area (Å²) in [5.74, 6) is -0.427. The van der Waals surface area contributed by atoms with Crippen LogP contribution in [0.2, 0.25) is 18.1 Å². The molecule has 0 fully saturated rings. The maximum atomic E-state index is 13.9. The lowest BCUT2D eigenvalue weighted by molar-refractivity contribution is 0.272. The summed E-state index contributed by atoms with van der Waals surface area (Å²) < 4.78 is 24.2. The molecule has 1 atom stereocenters. The molecule has 142 valence electrons. The van der Waals surface area contributed by atoms with E-state index in [1.165, 1.54) is 0 Å². The highest BCUT2D eigenvalue weighted by atomic mass is 31.2. The largest absolute Gasteiger partial charge is 0.402 e. The van der Waals surface area contributed by atoms with Crippen LogP contribution in [-0.4, -0.2) is 51.7 Å². The lowest BCUT2D eigenvalue weighted by Gasteiger charge is -2.40. The van der Waals surface area contributed by atoms with Gasteiger partial charge in [-0.1, -0.05) is 57.2 Å². The highest BCUT2D eigenvalue weighted by Gasteiger charge is 2.42. The molecular weight excluding hydrogens is 347 g/mol. The summed E-state index contributed by atoms with van der Waals surface area (Å²) in [6, 6.07) is 13.2. The Morgan fingerprint density at radius 2 is 1.48 bits per heavy atom. The Hall–Kier alpha value is -0.713. The van der Waals surface area contributed by atoms with Crippen molar-refractivity contribution >= 4 is 21.8 Å². The molecule has 0 aliphatic carbocycles. The molecule has 0 saturated carbocycles. The summed E-state index contributed by atoms with van der Waals surface area (Å²) in [6.45, 7) is 6.61. The van der Waals surface area contributed by atoms with Gasteiger partial charge in [0.2, 0.25) is 7.44 Å². The first-order chi connectivity index (χ1) is 11.8. The molecule has 0 bridgehead atoms. The molecule has 0 saturated heterocycles. The van der Waals surface area contributed by atoms with Gasteiger partial charge in [-0.05, 0) is 58.0 Å². The maximum absolute atomic E-state index is 13.9. The Labute approximate surface area is 155 Å². The third kappa shape index (κ3) is 5.38. The van der Waals surface area contributed by atoms with Gasteiger partial charge < -0.3 is 4.43 Å². The predicted molar refractivity (Wildman–Crippen MR) is 113 cm³/mol. The second kappa shape index (κ2) is 9.84. The molecule has 0 N–H and O–H groups in total. The van der Waals surface area contributed by atoms with Gasteiger partial charge in [0.15, 0.2) is 8.32 Å². The highest BCUT2D eigenvalue weighted by Crippen LogP contribution is 2.56. The van der Waals surface area contributed by atoms with Crippen molar-refractivity contribution in [3.05, 3.63) is 42.0 Å². The van der Waals surface area contributed by atoms with E-state index in [9.17, 15) is 4.57 Å². The molecule has 25 heavy (non-hydrogen) atoms. The number of hydrogen-bond donors (Lipinski definition) is 0. The molecular formula is C19H35N2O2PSi. The molecule has 0 spiro atoms. The number of rotatable bonds is 10. The fourth-order valence-electron chi connectivity index (χ4n) is 3.05. The van der Waals surface area contributed by atoms with Gasteiger partial charge >= 0.3 is 0 Å². The second-order valence-corrected chi connectivity index (χ2v) is 14.8. The summed E-state index contributed by atoms with van der Waals surface area (Å²) in [5.41, 5.74) is 1.09. The van der Waals surface area contributed by atoms with Gasteiger partial charge in [-0.3, -0.25) is 4.57 Å². The van der Waals surface area contributed by atoms with Crippen LogP contribution < -0.4 is 0 Å². The first-order valence-corrected chi connectivity index (χ1v) is 13.3. The van der Waals surface area contributed by atoms with Gasteiger partial charge in [0.1, 0.15) is 5.85 Å². The van der Waals surface area contributed by atoms with Crippen LogP contribution in [0.1, 0.15) is 26.3 Å². The molecule has 1 unspecified atom stereocenters. The Morgan fingerprint density at radius 3 is 1.88 bits per heavy atom. The summed E-state index contributed by atoms with van der Waals surface area (Å²) in [4.78, 5) is 0. The minimum Gasteiger partial charge on any atom is -0.402 e. The summed E-state index contributed by atoms with van der Waals surface area (Å²) in [5, 5.41) is 0. The van der Waals surface area contributed by atoms with Crippen molar-refractivity contribution in [2.75, 3.05) is 28.2 Å². The van der Waals surface area contributed by atoms with Crippen molar-refractivity contribution in [1.29, 1.82) is 0 Å². The quantitative estimate of drug-likeness (QED) is 0.403. The Balaban J connectivity index is 3.31. The standard InChI is InChI=1S/C19H35N2O2PSi/c1-8-25(9-2,10-3)23-19(24(22,20(4)5)21(6)7)17-16-18-14-12-11-13-15-18/h11-17,19H,8-10H2,1-7H3/b17-16+. The lowest BCUT2D eigenvalue weighted by atomic mass is 10.2. The first-order valence-electron chi connectivity index (χ1n) is 9.12. The summed E-state index contributed by atoms with van der Waals surface area (Å²) >= 11 is 0. The SMILES string of the molecule is CC[Si](CC)(CC)OC(/C=C/c1ccccc1)P(=O)(N(C)C)N(C)C. The Bertz CT molecular complexity index is 566. The van der Waals surface area contributed by atoms with Crippen LogP contribution in [0.4, 0.5) is 0 Å². The fraction of sp³-hybridized carbons (Fsp3) is 0.579. The van der Waals surface area contributed by atoms with Gasteiger partial charge in [-0.25, -0.2) is 9.34 Å². The summed E-state index contributed by atoms with van der Waals surface area (Å²) in [7, 11) is 2.75. The second-order valence-electron chi connectivity index (χ2n) is 6.81. The van der Waals surface area contributed by atoms with Crippen LogP contribution in [0.3, 0.4) is 0 Å². The molecule has 0 radical (unpaired) electrons. The van der Waals surface area contributed by atoms with Crippen LogP contribution in [0.15, 0.2) is 36.4 Å². The first kappa shape index (κ1) is 22.3. The Morgan fingerprint density at radius 1 is 1.00 bits per heavy atom. The van der Waals surface area contributed by atoms with Crippen LogP contribution in [0.5, 0.6) is 0 Å². The van der Waals surface area contributed by atoms with Gasteiger partial charge in [0, 0.05) is 0 Å². The Kier molecular flexibility index (Phi) is 8.79. The van der Waals surface area contributed by atoms with E-state index >= 15 is 0 Å². The molecule has 1 aromatic rings. The van der Waals surface area contributed by atoms with E-state index in [1.54, 1.807) is 0 Å². The highest BCUT2D eigenvalue weighted by molar-refractivity contribution is 7.59. The predicted octanol–water partition coefficient (Wildman–Crippen LogP) is 5.36. The molecule has 0 aliphatic heterocycles. The van der Waals surface area contributed by atoms with E-state index in [2.05, 4.69) is 20.8 Å². The van der Waals surface area contributed by atoms with Crippen LogP contribution in [0.25, 0.3) is 6.08 Å². The van der Waals surface area contributed by atoms with E-state index in [4.69, 9.17) is 4.43 Å². The average Bonchev–Trinajstić information content (AvgIpc) is 2.62.